The van der Waals surface area contributed by atoms with Crippen LogP contribution in [0.5, 0.6) is 0 Å². The van der Waals surface area contributed by atoms with Crippen molar-refractivity contribution in [3.8, 4) is 0 Å². The topological polar surface area (TPSA) is 58.2 Å². The Balaban J connectivity index is 1.86. The van der Waals surface area contributed by atoms with Gasteiger partial charge in [0, 0.05) is 16.7 Å². The normalized spacial score (nSPS) is 10.2. The van der Waals surface area contributed by atoms with Crippen molar-refractivity contribution in [1.29, 1.82) is 0 Å². The predicted molar refractivity (Wildman–Crippen MR) is 90.6 cm³/mol. The monoisotopic (exact) mass is 378 g/mol. The summed E-state index contributed by atoms with van der Waals surface area (Å²) in [5.41, 5.74) is 1.91. The van der Waals surface area contributed by atoms with Gasteiger partial charge in [-0.05, 0) is 48.7 Å². The number of hydrogen-bond donors (Lipinski definition) is 2. The van der Waals surface area contributed by atoms with E-state index in [9.17, 15) is 14.0 Å². The van der Waals surface area contributed by atoms with Gasteiger partial charge in [-0.25, -0.2) is 4.39 Å². The molecule has 0 aromatic heterocycles. The van der Waals surface area contributed by atoms with Gasteiger partial charge >= 0.3 is 11.8 Å². The lowest BCUT2D eigenvalue weighted by Crippen LogP contribution is -2.36. The maximum Gasteiger partial charge on any atom is 0.313 e. The maximum absolute atomic E-state index is 13.4. The minimum Gasteiger partial charge on any atom is -0.347 e. The van der Waals surface area contributed by atoms with E-state index in [0.717, 1.165) is 10.0 Å². The maximum atomic E-state index is 13.4. The predicted octanol–water partition coefficient (Wildman–Crippen LogP) is 3.19. The summed E-state index contributed by atoms with van der Waals surface area (Å²) < 4.78 is 14.3. The SMILES string of the molecule is Cc1cc(Br)ccc1NC(=O)C(=O)NCCc1ccccc1F. The van der Waals surface area contributed by atoms with Crippen molar-refractivity contribution in [2.24, 2.45) is 0 Å². The van der Waals surface area contributed by atoms with Gasteiger partial charge in [-0.1, -0.05) is 34.1 Å². The van der Waals surface area contributed by atoms with Gasteiger partial charge in [0.05, 0.1) is 0 Å². The first kappa shape index (κ1) is 17.1. The van der Waals surface area contributed by atoms with Gasteiger partial charge in [-0.15, -0.1) is 0 Å². The first-order valence-electron chi connectivity index (χ1n) is 7.06. The Hall–Kier alpha value is -2.21. The first-order chi connectivity index (χ1) is 11.0. The van der Waals surface area contributed by atoms with Gasteiger partial charge in [0.2, 0.25) is 0 Å². The summed E-state index contributed by atoms with van der Waals surface area (Å²) in [7, 11) is 0. The molecule has 0 saturated carbocycles. The molecule has 0 aliphatic rings. The van der Waals surface area contributed by atoms with Gasteiger partial charge in [0.1, 0.15) is 5.82 Å². The van der Waals surface area contributed by atoms with Crippen molar-refractivity contribution in [1.82, 2.24) is 5.32 Å². The quantitative estimate of drug-likeness (QED) is 0.802. The second kappa shape index (κ2) is 7.87. The van der Waals surface area contributed by atoms with E-state index in [1.54, 1.807) is 30.3 Å². The molecule has 0 heterocycles. The zero-order valence-electron chi connectivity index (χ0n) is 12.5. The van der Waals surface area contributed by atoms with Gasteiger partial charge < -0.3 is 10.6 Å². The summed E-state index contributed by atoms with van der Waals surface area (Å²) in [4.78, 5) is 23.6. The van der Waals surface area contributed by atoms with E-state index in [-0.39, 0.29) is 12.4 Å². The molecule has 0 aliphatic heterocycles. The molecule has 4 nitrogen and oxygen atoms in total. The molecule has 120 valence electrons. The second-order valence-corrected chi connectivity index (χ2v) is 5.93. The van der Waals surface area contributed by atoms with Gasteiger partial charge in [-0.3, -0.25) is 9.59 Å². The van der Waals surface area contributed by atoms with Crippen molar-refractivity contribution in [2.45, 2.75) is 13.3 Å². The molecule has 0 atom stereocenters. The van der Waals surface area contributed by atoms with Crippen LogP contribution in [0.4, 0.5) is 10.1 Å². The van der Waals surface area contributed by atoms with E-state index in [0.29, 0.717) is 17.7 Å². The molecule has 0 spiro atoms. The lowest BCUT2D eigenvalue weighted by molar-refractivity contribution is -0.136. The Morgan fingerprint density at radius 1 is 1.13 bits per heavy atom. The Labute approximate surface area is 142 Å². The molecule has 0 unspecified atom stereocenters. The van der Waals surface area contributed by atoms with E-state index in [4.69, 9.17) is 0 Å². The van der Waals surface area contributed by atoms with Crippen LogP contribution in [0.1, 0.15) is 11.1 Å². The number of benzene rings is 2. The smallest absolute Gasteiger partial charge is 0.313 e. The van der Waals surface area contributed by atoms with Gasteiger partial charge in [0.25, 0.3) is 0 Å². The average Bonchev–Trinajstić information content (AvgIpc) is 2.51. The minimum atomic E-state index is -0.747. The molecule has 0 aliphatic carbocycles. The standard InChI is InChI=1S/C17H16BrFN2O2/c1-11-10-13(18)6-7-15(11)21-17(23)16(22)20-9-8-12-4-2-3-5-14(12)19/h2-7,10H,8-9H2,1H3,(H,20,22)(H,21,23). The zero-order valence-corrected chi connectivity index (χ0v) is 14.1. The van der Waals surface area contributed by atoms with Crippen molar-refractivity contribution in [3.63, 3.8) is 0 Å². The van der Waals surface area contributed by atoms with Crippen LogP contribution in [0.2, 0.25) is 0 Å². The number of nitrogens with one attached hydrogen (secondary N) is 2. The number of anilines is 1. The summed E-state index contributed by atoms with van der Waals surface area (Å²) >= 11 is 3.33. The fourth-order valence-electron chi connectivity index (χ4n) is 2.04. The third-order valence-electron chi connectivity index (χ3n) is 3.28. The number of rotatable bonds is 4. The third-order valence-corrected chi connectivity index (χ3v) is 3.77. The average molecular weight is 379 g/mol. The number of carbonyl (C=O) groups excluding carboxylic acids is 2. The highest BCUT2D eigenvalue weighted by Crippen LogP contribution is 2.19. The Kier molecular flexibility index (Phi) is 5.87. The summed E-state index contributed by atoms with van der Waals surface area (Å²) in [6, 6.07) is 11.7. The molecule has 2 aromatic rings. The largest absolute Gasteiger partial charge is 0.347 e. The number of carbonyl (C=O) groups is 2. The van der Waals surface area contributed by atoms with Crippen LogP contribution in [0.3, 0.4) is 0 Å². The van der Waals surface area contributed by atoms with E-state index in [2.05, 4.69) is 26.6 Å². The molecule has 6 heteroatoms. The Bertz CT molecular complexity index is 734. The zero-order chi connectivity index (χ0) is 16.8. The fourth-order valence-corrected chi connectivity index (χ4v) is 2.51. The molecule has 0 saturated heterocycles. The van der Waals surface area contributed by atoms with Crippen LogP contribution < -0.4 is 10.6 Å². The highest BCUT2D eigenvalue weighted by molar-refractivity contribution is 9.10. The second-order valence-electron chi connectivity index (χ2n) is 5.01. The van der Waals surface area contributed by atoms with E-state index in [1.807, 2.05) is 13.0 Å². The fraction of sp³-hybridized carbons (Fsp3) is 0.176. The Morgan fingerprint density at radius 3 is 2.57 bits per heavy atom. The first-order valence-corrected chi connectivity index (χ1v) is 7.85. The Morgan fingerprint density at radius 2 is 1.87 bits per heavy atom. The van der Waals surface area contributed by atoms with Gasteiger partial charge in [-0.2, -0.15) is 0 Å². The molecular formula is C17H16BrFN2O2. The third kappa shape index (κ3) is 4.89. The highest BCUT2D eigenvalue weighted by Gasteiger charge is 2.14. The van der Waals surface area contributed by atoms with E-state index >= 15 is 0 Å². The van der Waals surface area contributed by atoms with Crippen molar-refractivity contribution in [2.75, 3.05) is 11.9 Å². The summed E-state index contributed by atoms with van der Waals surface area (Å²) in [6.07, 6.45) is 0.322. The van der Waals surface area contributed by atoms with Gasteiger partial charge in [0.15, 0.2) is 0 Å². The number of aryl methyl sites for hydroxylation is 1. The summed E-state index contributed by atoms with van der Waals surface area (Å²) in [5.74, 6) is -1.82. The molecule has 0 bridgehead atoms. The van der Waals surface area contributed by atoms with Crippen molar-refractivity contribution in [3.05, 3.63) is 63.9 Å². The molecular weight excluding hydrogens is 363 g/mol. The van der Waals surface area contributed by atoms with Crippen LogP contribution in [0.15, 0.2) is 46.9 Å². The molecule has 0 radical (unpaired) electrons. The lowest BCUT2D eigenvalue weighted by Gasteiger charge is -2.09. The van der Waals surface area contributed by atoms with Crippen LogP contribution in [-0.2, 0) is 16.0 Å². The summed E-state index contributed by atoms with van der Waals surface area (Å²) in [6.45, 7) is 2.02. The van der Waals surface area contributed by atoms with Crippen LogP contribution in [-0.4, -0.2) is 18.4 Å². The highest BCUT2D eigenvalue weighted by atomic mass is 79.9. The molecule has 2 rings (SSSR count). The number of hydrogen-bond acceptors (Lipinski definition) is 2. The molecule has 2 amide bonds. The minimum absolute atomic E-state index is 0.187. The van der Waals surface area contributed by atoms with E-state index in [1.165, 1.54) is 6.07 Å². The van der Waals surface area contributed by atoms with Crippen LogP contribution in [0.25, 0.3) is 0 Å². The number of amides is 2. The summed E-state index contributed by atoms with van der Waals surface area (Å²) in [5, 5.41) is 5.03. The van der Waals surface area contributed by atoms with Crippen molar-refractivity contribution >= 4 is 33.4 Å². The molecule has 23 heavy (non-hydrogen) atoms. The molecule has 2 N–H and O–H groups in total. The molecule has 2 aromatic carbocycles. The van der Waals surface area contributed by atoms with E-state index < -0.39 is 11.8 Å². The van der Waals surface area contributed by atoms with Crippen LogP contribution >= 0.6 is 15.9 Å². The van der Waals surface area contributed by atoms with Crippen molar-refractivity contribution < 1.29 is 14.0 Å². The number of halogens is 2. The van der Waals surface area contributed by atoms with Crippen LogP contribution in [0, 0.1) is 12.7 Å². The lowest BCUT2D eigenvalue weighted by atomic mass is 10.1. The molecule has 0 fully saturated rings.